The highest BCUT2D eigenvalue weighted by atomic mass is 35.5. The van der Waals surface area contributed by atoms with Crippen molar-refractivity contribution in [3.05, 3.63) is 53.3 Å². The summed E-state index contributed by atoms with van der Waals surface area (Å²) in [6.07, 6.45) is 0. The lowest BCUT2D eigenvalue weighted by molar-refractivity contribution is 0.101. The molecule has 0 aliphatic rings. The smallest absolute Gasteiger partial charge is 0.322 e. The first kappa shape index (κ1) is 13.2. The average Bonchev–Trinajstić information content (AvgIpc) is 2.97. The number of rotatable bonds is 3. The number of halogens is 1. The summed E-state index contributed by atoms with van der Waals surface area (Å²) in [5.41, 5.74) is 0.857. The Labute approximate surface area is 124 Å². The summed E-state index contributed by atoms with van der Waals surface area (Å²) in [5.74, 6) is -0.199. The van der Waals surface area contributed by atoms with Crippen molar-refractivity contribution < 1.29 is 9.21 Å². The highest BCUT2D eigenvalue weighted by molar-refractivity contribution is 6.29. The molecule has 3 rings (SSSR count). The van der Waals surface area contributed by atoms with E-state index in [1.807, 2.05) is 30.3 Å². The number of nitrogens with zero attached hydrogens (tertiary/aromatic N) is 4. The van der Waals surface area contributed by atoms with E-state index in [1.165, 1.54) is 12.1 Å². The normalized spacial score (nSPS) is 10.3. The van der Waals surface area contributed by atoms with Crippen LogP contribution < -0.4 is 5.32 Å². The van der Waals surface area contributed by atoms with Crippen LogP contribution in [0.15, 0.2) is 46.9 Å². The Kier molecular flexibility index (Phi) is 3.57. The number of benzene rings is 1. The van der Waals surface area contributed by atoms with Gasteiger partial charge in [0.15, 0.2) is 10.8 Å². The zero-order valence-corrected chi connectivity index (χ0v) is 11.3. The van der Waals surface area contributed by atoms with Gasteiger partial charge in [0.2, 0.25) is 5.89 Å². The summed E-state index contributed by atoms with van der Waals surface area (Å²) in [7, 11) is 0. The van der Waals surface area contributed by atoms with E-state index in [0.29, 0.717) is 5.89 Å². The van der Waals surface area contributed by atoms with E-state index in [4.69, 9.17) is 16.0 Å². The zero-order chi connectivity index (χ0) is 14.7. The van der Waals surface area contributed by atoms with Crippen molar-refractivity contribution in [3.8, 4) is 11.5 Å². The van der Waals surface area contributed by atoms with Gasteiger partial charge in [-0.1, -0.05) is 34.9 Å². The molecule has 1 N–H and O–H groups in total. The average molecular weight is 302 g/mol. The first-order valence-corrected chi connectivity index (χ1v) is 6.30. The fourth-order valence-electron chi connectivity index (χ4n) is 1.57. The van der Waals surface area contributed by atoms with E-state index in [9.17, 15) is 4.79 Å². The van der Waals surface area contributed by atoms with Crippen LogP contribution in [0.25, 0.3) is 11.5 Å². The highest BCUT2D eigenvalue weighted by Gasteiger charge is 2.13. The Balaban J connectivity index is 1.75. The molecule has 0 radical (unpaired) electrons. The van der Waals surface area contributed by atoms with Crippen LogP contribution in [0.2, 0.25) is 5.15 Å². The van der Waals surface area contributed by atoms with Crippen LogP contribution in [0.3, 0.4) is 0 Å². The number of hydrogen-bond acceptors (Lipinski definition) is 6. The van der Waals surface area contributed by atoms with Crippen molar-refractivity contribution in [3.63, 3.8) is 0 Å². The molecule has 0 saturated heterocycles. The lowest BCUT2D eigenvalue weighted by Gasteiger charge is -1.98. The minimum atomic E-state index is -0.512. The first-order chi connectivity index (χ1) is 10.2. The summed E-state index contributed by atoms with van der Waals surface area (Å²) in [6.45, 7) is 0. The molecule has 21 heavy (non-hydrogen) atoms. The predicted octanol–water partition coefficient (Wildman–Crippen LogP) is 2.43. The van der Waals surface area contributed by atoms with Gasteiger partial charge < -0.3 is 4.42 Å². The molecule has 2 heterocycles. The second kappa shape index (κ2) is 5.68. The molecule has 0 bridgehead atoms. The zero-order valence-electron chi connectivity index (χ0n) is 10.5. The van der Waals surface area contributed by atoms with Gasteiger partial charge in [0.25, 0.3) is 5.91 Å². The van der Waals surface area contributed by atoms with Gasteiger partial charge in [-0.05, 0) is 24.3 Å². The molecule has 1 amide bonds. The van der Waals surface area contributed by atoms with Crippen LogP contribution in [0.1, 0.15) is 10.5 Å². The molecule has 0 aliphatic carbocycles. The van der Waals surface area contributed by atoms with Crippen molar-refractivity contribution in [2.24, 2.45) is 0 Å². The number of aromatic nitrogens is 4. The molecule has 104 valence electrons. The van der Waals surface area contributed by atoms with Crippen LogP contribution in [-0.2, 0) is 0 Å². The second-order valence-electron chi connectivity index (χ2n) is 3.97. The number of anilines is 1. The Morgan fingerprint density at radius 2 is 1.81 bits per heavy atom. The number of carbonyl (C=O) groups excluding carboxylic acids is 1. The topological polar surface area (TPSA) is 93.8 Å². The molecular formula is C13H8ClN5O2. The first-order valence-electron chi connectivity index (χ1n) is 5.92. The van der Waals surface area contributed by atoms with Crippen molar-refractivity contribution in [1.29, 1.82) is 0 Å². The van der Waals surface area contributed by atoms with Gasteiger partial charge >= 0.3 is 6.01 Å². The number of nitrogens with one attached hydrogen (secondary N) is 1. The minimum Gasteiger partial charge on any atom is -0.403 e. The molecule has 0 atom stereocenters. The Morgan fingerprint density at radius 1 is 1.00 bits per heavy atom. The van der Waals surface area contributed by atoms with E-state index >= 15 is 0 Å². The lowest BCUT2D eigenvalue weighted by atomic mass is 10.2. The SMILES string of the molecule is O=C(Nc1nnc(-c2ccccc2)o1)c1ccc(Cl)nn1. The van der Waals surface area contributed by atoms with Gasteiger partial charge in [0.1, 0.15) is 0 Å². The largest absolute Gasteiger partial charge is 0.403 e. The van der Waals surface area contributed by atoms with Crippen molar-refractivity contribution in [2.75, 3.05) is 5.32 Å². The number of amides is 1. The van der Waals surface area contributed by atoms with E-state index < -0.39 is 5.91 Å². The van der Waals surface area contributed by atoms with E-state index in [1.54, 1.807) is 0 Å². The summed E-state index contributed by atoms with van der Waals surface area (Å²) < 4.78 is 5.36. The van der Waals surface area contributed by atoms with Gasteiger partial charge in [-0.3, -0.25) is 10.1 Å². The van der Waals surface area contributed by atoms with E-state index in [0.717, 1.165) is 5.56 Å². The van der Waals surface area contributed by atoms with Gasteiger partial charge in [-0.25, -0.2) is 0 Å². The molecule has 0 unspecified atom stereocenters. The van der Waals surface area contributed by atoms with Gasteiger partial charge in [0, 0.05) is 5.56 Å². The maximum Gasteiger partial charge on any atom is 0.322 e. The molecule has 0 fully saturated rings. The van der Waals surface area contributed by atoms with Crippen molar-refractivity contribution in [2.45, 2.75) is 0 Å². The number of hydrogen-bond donors (Lipinski definition) is 1. The summed E-state index contributed by atoms with van der Waals surface area (Å²) in [4.78, 5) is 11.9. The molecule has 0 saturated carbocycles. The summed E-state index contributed by atoms with van der Waals surface area (Å²) in [6, 6.07) is 12.1. The second-order valence-corrected chi connectivity index (χ2v) is 4.36. The fraction of sp³-hybridized carbons (Fsp3) is 0. The maximum absolute atomic E-state index is 11.9. The van der Waals surface area contributed by atoms with E-state index in [2.05, 4.69) is 25.7 Å². The molecule has 0 aliphatic heterocycles. The fourth-order valence-corrected chi connectivity index (χ4v) is 1.67. The number of carbonyl (C=O) groups is 1. The van der Waals surface area contributed by atoms with Gasteiger partial charge in [-0.15, -0.1) is 15.3 Å². The Hall–Kier alpha value is -2.80. The third-order valence-electron chi connectivity index (χ3n) is 2.53. The summed E-state index contributed by atoms with van der Waals surface area (Å²) >= 11 is 5.60. The summed E-state index contributed by atoms with van der Waals surface area (Å²) in [5, 5.41) is 17.5. The Bertz CT molecular complexity index is 758. The Morgan fingerprint density at radius 3 is 2.52 bits per heavy atom. The molecule has 1 aromatic carbocycles. The van der Waals surface area contributed by atoms with Gasteiger partial charge in [0.05, 0.1) is 0 Å². The minimum absolute atomic E-state index is 0.0180. The monoisotopic (exact) mass is 301 g/mol. The quantitative estimate of drug-likeness (QED) is 0.798. The maximum atomic E-state index is 11.9. The van der Waals surface area contributed by atoms with Gasteiger partial charge in [-0.2, -0.15) is 0 Å². The molecule has 8 heteroatoms. The molecule has 0 spiro atoms. The highest BCUT2D eigenvalue weighted by Crippen LogP contribution is 2.19. The van der Waals surface area contributed by atoms with E-state index in [-0.39, 0.29) is 16.9 Å². The molecule has 3 aromatic rings. The molecular weight excluding hydrogens is 294 g/mol. The molecule has 2 aromatic heterocycles. The van der Waals surface area contributed by atoms with Crippen LogP contribution in [-0.4, -0.2) is 26.3 Å². The van der Waals surface area contributed by atoms with Crippen LogP contribution in [0, 0.1) is 0 Å². The van der Waals surface area contributed by atoms with Crippen LogP contribution in [0.4, 0.5) is 6.01 Å². The van der Waals surface area contributed by atoms with Crippen LogP contribution in [0.5, 0.6) is 0 Å². The lowest BCUT2D eigenvalue weighted by Crippen LogP contribution is -2.14. The third-order valence-corrected chi connectivity index (χ3v) is 2.73. The molecule has 7 nitrogen and oxygen atoms in total. The van der Waals surface area contributed by atoms with Crippen LogP contribution >= 0.6 is 11.6 Å². The van der Waals surface area contributed by atoms with Crippen molar-refractivity contribution >= 4 is 23.5 Å². The third kappa shape index (κ3) is 3.03. The standard InChI is InChI=1S/C13H8ClN5O2/c14-10-7-6-9(16-17-10)11(20)15-13-19-18-12(21-13)8-4-2-1-3-5-8/h1-7H,(H,15,19,20). The van der Waals surface area contributed by atoms with Crippen molar-refractivity contribution in [1.82, 2.24) is 20.4 Å². The predicted molar refractivity (Wildman–Crippen MR) is 74.7 cm³/mol.